The maximum atomic E-state index is 8.67. The number of rotatable bonds is 3. The Morgan fingerprint density at radius 3 is 2.38 bits per heavy atom. The van der Waals surface area contributed by atoms with E-state index in [9.17, 15) is 0 Å². The highest BCUT2D eigenvalue weighted by atomic mass is 35.5. The summed E-state index contributed by atoms with van der Waals surface area (Å²) in [5.41, 5.74) is 6.18. The highest BCUT2D eigenvalue weighted by Gasteiger charge is 2.15. The van der Waals surface area contributed by atoms with Crippen molar-refractivity contribution >= 4 is 23.2 Å². The number of hydrogen-bond acceptors (Lipinski definition) is 4. The van der Waals surface area contributed by atoms with Crippen molar-refractivity contribution in [2.75, 3.05) is 6.61 Å². The molecule has 1 rings (SSSR count). The van der Waals surface area contributed by atoms with Crippen LogP contribution in [-0.4, -0.2) is 21.7 Å². The van der Waals surface area contributed by atoms with Crippen LogP contribution in [0.3, 0.4) is 0 Å². The second-order valence-corrected chi connectivity index (χ2v) is 3.20. The third kappa shape index (κ3) is 2.51. The molecule has 1 aromatic heterocycles. The van der Waals surface area contributed by atoms with E-state index < -0.39 is 6.04 Å². The molecule has 0 saturated heterocycles. The number of aliphatic hydroxyl groups excluding tert-OH is 1. The fourth-order valence-electron chi connectivity index (χ4n) is 0.944. The molecule has 13 heavy (non-hydrogen) atoms. The molecule has 0 spiro atoms. The molecule has 1 heterocycles. The van der Waals surface area contributed by atoms with Crippen LogP contribution in [0.15, 0.2) is 6.33 Å². The van der Waals surface area contributed by atoms with Crippen LogP contribution in [0.1, 0.15) is 18.0 Å². The van der Waals surface area contributed by atoms with Crippen molar-refractivity contribution in [1.82, 2.24) is 9.97 Å². The Morgan fingerprint density at radius 2 is 1.92 bits per heavy atom. The van der Waals surface area contributed by atoms with Crippen molar-refractivity contribution in [3.05, 3.63) is 22.2 Å². The van der Waals surface area contributed by atoms with Gasteiger partial charge in [0, 0.05) is 18.2 Å². The lowest BCUT2D eigenvalue weighted by atomic mass is 10.1. The first-order valence-corrected chi connectivity index (χ1v) is 4.44. The van der Waals surface area contributed by atoms with E-state index in [0.29, 0.717) is 12.0 Å². The van der Waals surface area contributed by atoms with E-state index in [1.807, 2.05) is 0 Å². The summed E-state index contributed by atoms with van der Waals surface area (Å²) in [6.45, 7) is -0.0251. The molecule has 0 unspecified atom stereocenters. The molecule has 0 bridgehead atoms. The van der Waals surface area contributed by atoms with E-state index in [2.05, 4.69) is 9.97 Å². The summed E-state index contributed by atoms with van der Waals surface area (Å²) in [4.78, 5) is 7.50. The summed E-state index contributed by atoms with van der Waals surface area (Å²) < 4.78 is 0. The van der Waals surface area contributed by atoms with Gasteiger partial charge in [-0.25, -0.2) is 9.97 Å². The first kappa shape index (κ1) is 10.7. The van der Waals surface area contributed by atoms with Gasteiger partial charge < -0.3 is 10.8 Å². The second-order valence-electron chi connectivity index (χ2n) is 2.49. The maximum absolute atomic E-state index is 8.67. The van der Waals surface area contributed by atoms with Gasteiger partial charge in [-0.15, -0.1) is 0 Å². The number of aromatic nitrogens is 2. The first-order valence-electron chi connectivity index (χ1n) is 3.69. The average molecular weight is 222 g/mol. The minimum Gasteiger partial charge on any atom is -0.396 e. The smallest absolute Gasteiger partial charge is 0.138 e. The van der Waals surface area contributed by atoms with Crippen molar-refractivity contribution in [3.63, 3.8) is 0 Å². The van der Waals surface area contributed by atoms with Crippen molar-refractivity contribution in [3.8, 4) is 0 Å². The van der Waals surface area contributed by atoms with Gasteiger partial charge in [0.25, 0.3) is 0 Å². The van der Waals surface area contributed by atoms with Gasteiger partial charge in [-0.2, -0.15) is 0 Å². The minimum atomic E-state index is -0.425. The van der Waals surface area contributed by atoms with Gasteiger partial charge in [0.1, 0.15) is 16.6 Å². The predicted octanol–water partition coefficient (Wildman–Crippen LogP) is 1.17. The van der Waals surface area contributed by atoms with Crippen molar-refractivity contribution in [2.24, 2.45) is 5.73 Å². The second kappa shape index (κ2) is 4.72. The Morgan fingerprint density at radius 1 is 1.38 bits per heavy atom. The monoisotopic (exact) mass is 221 g/mol. The Hall–Kier alpha value is -0.420. The fourth-order valence-corrected chi connectivity index (χ4v) is 1.54. The Bertz CT molecular complexity index is 275. The summed E-state index contributed by atoms with van der Waals surface area (Å²) in [5, 5.41) is 9.15. The molecule has 0 aliphatic rings. The average Bonchev–Trinajstić information content (AvgIpc) is 2.04. The zero-order chi connectivity index (χ0) is 9.84. The predicted molar refractivity (Wildman–Crippen MR) is 50.7 cm³/mol. The van der Waals surface area contributed by atoms with Crippen molar-refractivity contribution < 1.29 is 5.11 Å². The molecule has 0 amide bonds. The highest BCUT2D eigenvalue weighted by Crippen LogP contribution is 2.26. The third-order valence-corrected chi connectivity index (χ3v) is 2.20. The molecule has 0 radical (unpaired) electrons. The van der Waals surface area contributed by atoms with Gasteiger partial charge in [0.15, 0.2) is 0 Å². The van der Waals surface area contributed by atoms with Crippen LogP contribution >= 0.6 is 23.2 Å². The van der Waals surface area contributed by atoms with Gasteiger partial charge >= 0.3 is 0 Å². The van der Waals surface area contributed by atoms with Gasteiger partial charge in [-0.1, -0.05) is 23.2 Å². The molecule has 1 atom stereocenters. The number of hydrogen-bond donors (Lipinski definition) is 2. The standard InChI is InChI=1S/C7H9Cl2N3O/c8-6-5(4(10)1-2-13)7(9)12-3-11-6/h3-4,13H,1-2,10H2/t4-/m1/s1. The lowest BCUT2D eigenvalue weighted by Crippen LogP contribution is -2.14. The highest BCUT2D eigenvalue weighted by molar-refractivity contribution is 6.34. The van der Waals surface area contributed by atoms with Crippen LogP contribution in [-0.2, 0) is 0 Å². The van der Waals surface area contributed by atoms with Crippen LogP contribution in [0.25, 0.3) is 0 Å². The number of nitrogens with two attached hydrogens (primary N) is 1. The number of halogens is 2. The maximum Gasteiger partial charge on any atom is 0.138 e. The molecule has 6 heteroatoms. The van der Waals surface area contributed by atoms with E-state index in [4.69, 9.17) is 34.0 Å². The van der Waals surface area contributed by atoms with E-state index in [1.165, 1.54) is 6.33 Å². The van der Waals surface area contributed by atoms with Crippen LogP contribution in [0.2, 0.25) is 10.3 Å². The van der Waals surface area contributed by atoms with E-state index >= 15 is 0 Å². The van der Waals surface area contributed by atoms with Crippen LogP contribution in [0.5, 0.6) is 0 Å². The molecule has 4 nitrogen and oxygen atoms in total. The van der Waals surface area contributed by atoms with Crippen LogP contribution < -0.4 is 5.73 Å². The Balaban J connectivity index is 2.98. The summed E-state index contributed by atoms with van der Waals surface area (Å²) in [6.07, 6.45) is 1.65. The van der Waals surface area contributed by atoms with Crippen molar-refractivity contribution in [1.29, 1.82) is 0 Å². The van der Waals surface area contributed by atoms with Crippen molar-refractivity contribution in [2.45, 2.75) is 12.5 Å². The molecule has 1 aromatic rings. The number of aliphatic hydroxyl groups is 1. The molecule has 0 aromatic carbocycles. The molecule has 0 saturated carbocycles. The molecule has 0 aliphatic heterocycles. The summed E-state index contributed by atoms with van der Waals surface area (Å²) >= 11 is 11.5. The number of nitrogens with zero attached hydrogens (tertiary/aromatic N) is 2. The topological polar surface area (TPSA) is 72.0 Å². The first-order chi connectivity index (χ1) is 6.16. The largest absolute Gasteiger partial charge is 0.396 e. The Labute approximate surface area is 85.7 Å². The molecule has 3 N–H and O–H groups in total. The lowest BCUT2D eigenvalue weighted by Gasteiger charge is -2.11. The van der Waals surface area contributed by atoms with Crippen LogP contribution in [0, 0.1) is 0 Å². The van der Waals surface area contributed by atoms with E-state index in [0.717, 1.165) is 0 Å². The molecular formula is C7H9Cl2N3O. The zero-order valence-corrected chi connectivity index (χ0v) is 8.26. The summed E-state index contributed by atoms with van der Waals surface area (Å²) in [5.74, 6) is 0. The van der Waals surface area contributed by atoms with Gasteiger partial charge in [-0.3, -0.25) is 0 Å². The SMILES string of the molecule is N[C@H](CCO)c1c(Cl)ncnc1Cl. The summed E-state index contributed by atoms with van der Waals surface area (Å²) in [6, 6.07) is -0.425. The molecule has 0 fully saturated rings. The van der Waals surface area contributed by atoms with E-state index in [1.54, 1.807) is 0 Å². The normalized spacial score (nSPS) is 12.9. The van der Waals surface area contributed by atoms with Crippen LogP contribution in [0.4, 0.5) is 0 Å². The zero-order valence-electron chi connectivity index (χ0n) is 6.74. The molecule has 0 aliphatic carbocycles. The minimum absolute atomic E-state index is 0.0251. The lowest BCUT2D eigenvalue weighted by molar-refractivity contribution is 0.276. The molecule has 72 valence electrons. The third-order valence-electron chi connectivity index (χ3n) is 1.60. The molecular weight excluding hydrogens is 213 g/mol. The van der Waals surface area contributed by atoms with Gasteiger partial charge in [0.05, 0.1) is 0 Å². The van der Waals surface area contributed by atoms with Gasteiger partial charge in [-0.05, 0) is 6.42 Å². The summed E-state index contributed by atoms with van der Waals surface area (Å²) in [7, 11) is 0. The van der Waals surface area contributed by atoms with E-state index in [-0.39, 0.29) is 16.9 Å². The Kier molecular flexibility index (Phi) is 3.87. The quantitative estimate of drug-likeness (QED) is 0.753. The fraction of sp³-hybridized carbons (Fsp3) is 0.429. The van der Waals surface area contributed by atoms with Gasteiger partial charge in [0.2, 0.25) is 0 Å².